The quantitative estimate of drug-likeness (QED) is 0.0338. The molecule has 0 saturated heterocycles. The average molecular weight is 1580 g/mol. The summed E-state index contributed by atoms with van der Waals surface area (Å²) in [6, 6.07) is 0. The van der Waals surface area contributed by atoms with E-state index in [-0.39, 0.29) is 152 Å². The lowest BCUT2D eigenvalue weighted by atomic mass is 9.62. The highest BCUT2D eigenvalue weighted by Gasteiger charge is 2.48. The van der Waals surface area contributed by atoms with E-state index in [1.54, 1.807) is 0 Å². The van der Waals surface area contributed by atoms with Crippen LogP contribution < -0.4 is 5.32 Å². The molecule has 4 aliphatic carbocycles. The van der Waals surface area contributed by atoms with Crippen molar-refractivity contribution in [2.24, 2.45) is 88.8 Å². The first kappa shape index (κ1) is 99.3. The van der Waals surface area contributed by atoms with Crippen LogP contribution in [0.3, 0.4) is 0 Å². The second kappa shape index (κ2) is 54.8. The third-order valence-electron chi connectivity index (χ3n) is 24.7. The van der Waals surface area contributed by atoms with Gasteiger partial charge in [-0.2, -0.15) is 0 Å². The summed E-state index contributed by atoms with van der Waals surface area (Å²) < 4.78 is 27.5. The third kappa shape index (κ3) is 37.0. The number of ether oxygens (including phenoxy) is 5. The van der Waals surface area contributed by atoms with Crippen molar-refractivity contribution in [2.45, 2.75) is 300 Å². The number of carbonyl (C=O) groups is 11. The predicted octanol–water partition coefficient (Wildman–Crippen LogP) is 19.6. The number of hydrogen-bond donors (Lipinski definition) is 1. The summed E-state index contributed by atoms with van der Waals surface area (Å²) in [4.78, 5) is 157. The summed E-state index contributed by atoms with van der Waals surface area (Å²) in [5.41, 5.74) is 6.42. The van der Waals surface area contributed by atoms with Crippen LogP contribution in [0.1, 0.15) is 300 Å². The zero-order chi connectivity index (χ0) is 83.5. The van der Waals surface area contributed by atoms with Gasteiger partial charge in [0.05, 0.1) is 32.8 Å². The van der Waals surface area contributed by atoms with Gasteiger partial charge in [0.1, 0.15) is 58.7 Å². The summed E-state index contributed by atoms with van der Waals surface area (Å²) >= 11 is 0. The number of esters is 1. The van der Waals surface area contributed by atoms with E-state index in [4.69, 9.17) is 36.8 Å². The zero-order valence-electron chi connectivity index (χ0n) is 71.9. The highest BCUT2D eigenvalue weighted by molar-refractivity contribution is 5.98. The van der Waals surface area contributed by atoms with E-state index in [1.165, 1.54) is 6.92 Å². The Morgan fingerprint density at radius 1 is 0.469 bits per heavy atom. The van der Waals surface area contributed by atoms with Gasteiger partial charge in [-0.3, -0.25) is 47.9 Å². The zero-order valence-corrected chi connectivity index (χ0v) is 71.9. The molecule has 0 aliphatic heterocycles. The Morgan fingerprint density at radius 3 is 1.66 bits per heavy atom. The second-order valence-electron chi connectivity index (χ2n) is 34.9. The van der Waals surface area contributed by atoms with E-state index in [9.17, 15) is 28.8 Å². The lowest BCUT2D eigenvalue weighted by molar-refractivity contribution is -0.146. The highest BCUT2D eigenvalue weighted by Crippen LogP contribution is 2.49. The van der Waals surface area contributed by atoms with Gasteiger partial charge in [0.15, 0.2) is 0 Å². The first-order chi connectivity index (χ1) is 53.9. The number of allylic oxidation sites excluding steroid dienone is 7. The van der Waals surface area contributed by atoms with Crippen LogP contribution in [0.15, 0.2) is 85.1 Å². The van der Waals surface area contributed by atoms with E-state index < -0.39 is 65.1 Å². The fourth-order valence-corrected chi connectivity index (χ4v) is 18.3. The molecule has 113 heavy (non-hydrogen) atoms. The van der Waals surface area contributed by atoms with Gasteiger partial charge < -0.3 is 33.8 Å². The van der Waals surface area contributed by atoms with Gasteiger partial charge >= 0.3 is 5.97 Å². The summed E-state index contributed by atoms with van der Waals surface area (Å²) in [6.45, 7) is 51.6. The Balaban J connectivity index is 1.50. The third-order valence-corrected chi connectivity index (χ3v) is 24.7. The van der Waals surface area contributed by atoms with Crippen LogP contribution in [0, 0.1) is 88.8 Å². The van der Waals surface area contributed by atoms with Gasteiger partial charge in [-0.25, -0.2) is 0 Å². The maximum atomic E-state index is 15.6. The second-order valence-corrected chi connectivity index (χ2v) is 34.9. The molecular weight excluding hydrogens is 1420 g/mol. The maximum Gasteiger partial charge on any atom is 0.306 e. The molecule has 15 atom stereocenters. The van der Waals surface area contributed by atoms with Crippen LogP contribution in [0.2, 0.25) is 0 Å². The Bertz CT molecular complexity index is 3170. The van der Waals surface area contributed by atoms with Crippen LogP contribution in [0.25, 0.3) is 0 Å². The SMILES string of the molecule is C=C(C)CCCCCCC(=O)C(C(C)C(=O)NCCOCCCCOCC)C1CC(C)CC(CC(=O)C(CCCCC(=C)C)CC(=O)C(CCC(=C)C)C2CC(=C)CC(CC(=O)C3CCCCC3C(=O)C3CCCCC3C(=O)C(CC(=C)C)CC(=O)C(CC)CC(=O)CCC(=O)OCCOCCOCCCC(C)=O)C2=C)C1=C. The Labute approximate surface area is 681 Å². The fraction of sp³-hybridized carbons (Fsp3) is 0.740. The molecule has 4 saturated carbocycles. The van der Waals surface area contributed by atoms with Gasteiger partial charge in [-0.1, -0.05) is 124 Å². The summed E-state index contributed by atoms with van der Waals surface area (Å²) in [5.74, 6) is -8.60. The molecule has 0 bridgehead atoms. The number of rotatable bonds is 63. The summed E-state index contributed by atoms with van der Waals surface area (Å²) in [6.07, 6.45) is 19.8. The molecule has 1 amide bonds. The van der Waals surface area contributed by atoms with Crippen molar-refractivity contribution in [1.29, 1.82) is 0 Å². The van der Waals surface area contributed by atoms with E-state index in [0.717, 1.165) is 129 Å². The van der Waals surface area contributed by atoms with Gasteiger partial charge in [-0.05, 0) is 206 Å². The number of nitrogens with one attached hydrogen (secondary N) is 1. The maximum absolute atomic E-state index is 15.6. The largest absolute Gasteiger partial charge is 0.463 e. The van der Waals surface area contributed by atoms with Crippen molar-refractivity contribution in [3.05, 3.63) is 85.1 Å². The van der Waals surface area contributed by atoms with E-state index in [1.807, 2.05) is 48.5 Å². The normalized spacial score (nSPS) is 22.2. The van der Waals surface area contributed by atoms with Crippen molar-refractivity contribution >= 4 is 63.9 Å². The van der Waals surface area contributed by atoms with Crippen molar-refractivity contribution < 1.29 is 76.4 Å². The van der Waals surface area contributed by atoms with Crippen LogP contribution >= 0.6 is 0 Å². The number of amides is 1. The highest BCUT2D eigenvalue weighted by atomic mass is 16.6. The number of Topliss-reactive ketones (excluding diaryl/α,β-unsaturated/α-hetero) is 9. The van der Waals surface area contributed by atoms with Crippen molar-refractivity contribution in [3.63, 3.8) is 0 Å². The molecule has 636 valence electrons. The van der Waals surface area contributed by atoms with E-state index >= 15 is 24.0 Å². The van der Waals surface area contributed by atoms with Crippen LogP contribution in [0.5, 0.6) is 0 Å². The number of ketones is 9. The molecule has 0 heterocycles. The van der Waals surface area contributed by atoms with Crippen LogP contribution in [-0.2, 0) is 76.4 Å². The van der Waals surface area contributed by atoms with Gasteiger partial charge in [0.25, 0.3) is 0 Å². The molecular formula is C96H151NO16. The summed E-state index contributed by atoms with van der Waals surface area (Å²) in [7, 11) is 0. The lowest BCUT2D eigenvalue weighted by Gasteiger charge is -2.41. The molecule has 1 N–H and O–H groups in total. The van der Waals surface area contributed by atoms with Gasteiger partial charge in [-0.15, -0.1) is 26.3 Å². The molecule has 15 unspecified atom stereocenters. The molecule has 4 fully saturated rings. The van der Waals surface area contributed by atoms with E-state index in [2.05, 4.69) is 45.1 Å². The summed E-state index contributed by atoms with van der Waals surface area (Å²) in [5, 5.41) is 3.07. The molecule has 0 aromatic heterocycles. The Hall–Kier alpha value is -6.01. The molecule has 17 heteroatoms. The minimum absolute atomic E-state index is 0.00370. The number of hydrogen-bond acceptors (Lipinski definition) is 16. The predicted molar refractivity (Wildman–Crippen MR) is 451 cm³/mol. The molecule has 4 rings (SSSR count). The smallest absolute Gasteiger partial charge is 0.306 e. The van der Waals surface area contributed by atoms with E-state index in [0.29, 0.717) is 149 Å². The van der Waals surface area contributed by atoms with Gasteiger partial charge in [0.2, 0.25) is 5.91 Å². The Morgan fingerprint density at radius 2 is 1.04 bits per heavy atom. The van der Waals surface area contributed by atoms with Crippen molar-refractivity contribution in [1.82, 2.24) is 5.32 Å². The lowest BCUT2D eigenvalue weighted by Crippen LogP contribution is -2.43. The number of unbranched alkanes of at least 4 members (excludes halogenated alkanes) is 5. The van der Waals surface area contributed by atoms with Crippen molar-refractivity contribution in [2.75, 3.05) is 66.0 Å². The first-order valence-corrected chi connectivity index (χ1v) is 44.0. The molecule has 4 aliphatic rings. The first-order valence-electron chi connectivity index (χ1n) is 44.0. The molecule has 0 spiro atoms. The monoisotopic (exact) mass is 1570 g/mol. The topological polar surface area (TPSA) is 246 Å². The van der Waals surface area contributed by atoms with Gasteiger partial charge in [0, 0.05) is 144 Å². The Kier molecular flexibility index (Phi) is 48.2. The van der Waals surface area contributed by atoms with Crippen LogP contribution in [0.4, 0.5) is 0 Å². The molecule has 0 radical (unpaired) electrons. The average Bonchev–Trinajstić information content (AvgIpc) is 0.803. The standard InChI is InChI=1S/C96H151NO16/c1-17-74(59-79(99)42-44-92(105)113-53-52-112-51-50-111-48-31-34-70(13)98)88(101)63-78(54-67(9)10)94(106)83-38-27-28-39-84(83)95(107)82-37-26-25-36-80(82)91(104)62-77-55-68(11)57-85(71(77)14)81(43-41-66(7)8)90(103)60-75(35-24-23-33-65(5)6)89(102)61-76-56-69(12)58-86(72(76)15)93(87(100)40-22-20-19-21-32-64(3)4)73(16)96(108)97-45-49-110-47-30-29-46-109-18-2/h69,73-78,80-86,93H,3,5,7,9,11,14-15,17-63H2,1-2,4,6,8,10,12-13,16H3,(H,97,108). The van der Waals surface area contributed by atoms with Crippen molar-refractivity contribution in [3.8, 4) is 0 Å². The molecule has 0 aromatic rings. The minimum atomic E-state index is -0.746. The van der Waals surface area contributed by atoms with Crippen LogP contribution in [-0.4, -0.2) is 130 Å². The number of carbonyl (C=O) groups excluding carboxylic acids is 11. The molecule has 17 nitrogen and oxygen atoms in total. The fourth-order valence-electron chi connectivity index (χ4n) is 18.3. The minimum Gasteiger partial charge on any atom is -0.463 e. The molecule has 0 aromatic carbocycles.